The number of rotatable bonds is 3. The van der Waals surface area contributed by atoms with Crippen LogP contribution in [0.15, 0.2) is 41.0 Å². The lowest BCUT2D eigenvalue weighted by Gasteiger charge is -2.09. The van der Waals surface area contributed by atoms with Crippen LogP contribution in [0.3, 0.4) is 0 Å². The summed E-state index contributed by atoms with van der Waals surface area (Å²) in [7, 11) is 0. The Kier molecular flexibility index (Phi) is 4.27. The third-order valence-corrected chi connectivity index (χ3v) is 2.98. The molecule has 0 fully saturated rings. The Bertz CT molecular complexity index is 596. The first kappa shape index (κ1) is 14.8. The molecule has 0 spiro atoms. The summed E-state index contributed by atoms with van der Waals surface area (Å²) < 4.78 is 51.1. The highest BCUT2D eigenvalue weighted by Gasteiger charge is 2.29. The van der Waals surface area contributed by atoms with Crippen molar-refractivity contribution in [1.82, 2.24) is 4.98 Å². The molecule has 0 aliphatic heterocycles. The molecule has 1 N–H and O–H groups in total. The standard InChI is InChI=1S/C13H9BrF4N2/c14-10-5-11(15)12(20-7-10)19-6-8-1-3-9(4-2-8)13(16,17)18/h1-5,7H,6H2,(H,19,20). The fourth-order valence-corrected chi connectivity index (χ4v) is 1.85. The summed E-state index contributed by atoms with van der Waals surface area (Å²) in [6, 6.07) is 5.91. The maximum Gasteiger partial charge on any atom is 0.416 e. The largest absolute Gasteiger partial charge is 0.416 e. The zero-order chi connectivity index (χ0) is 14.8. The van der Waals surface area contributed by atoms with E-state index in [-0.39, 0.29) is 12.4 Å². The molecule has 0 radical (unpaired) electrons. The van der Waals surface area contributed by atoms with Crippen molar-refractivity contribution in [3.05, 3.63) is 57.9 Å². The molecule has 1 aromatic carbocycles. The average molecular weight is 349 g/mol. The van der Waals surface area contributed by atoms with Crippen molar-refractivity contribution in [3.63, 3.8) is 0 Å². The summed E-state index contributed by atoms with van der Waals surface area (Å²) in [6.07, 6.45) is -2.93. The lowest BCUT2D eigenvalue weighted by Crippen LogP contribution is -2.06. The smallest absolute Gasteiger partial charge is 0.364 e. The minimum Gasteiger partial charge on any atom is -0.364 e. The summed E-state index contributed by atoms with van der Waals surface area (Å²) in [5, 5.41) is 2.73. The molecule has 0 amide bonds. The Balaban J connectivity index is 2.04. The van der Waals surface area contributed by atoms with Gasteiger partial charge in [-0.15, -0.1) is 0 Å². The number of pyridine rings is 1. The zero-order valence-electron chi connectivity index (χ0n) is 10.0. The number of nitrogens with zero attached hydrogens (tertiary/aromatic N) is 1. The van der Waals surface area contributed by atoms with Crippen LogP contribution >= 0.6 is 15.9 Å². The van der Waals surface area contributed by atoms with Crippen molar-refractivity contribution in [1.29, 1.82) is 0 Å². The Morgan fingerprint density at radius 2 is 1.80 bits per heavy atom. The summed E-state index contributed by atoms with van der Waals surface area (Å²) >= 11 is 3.08. The van der Waals surface area contributed by atoms with Crippen LogP contribution in [0.4, 0.5) is 23.4 Å². The number of anilines is 1. The second-order valence-electron chi connectivity index (χ2n) is 4.03. The first-order valence-corrected chi connectivity index (χ1v) is 6.36. The van der Waals surface area contributed by atoms with Gasteiger partial charge >= 0.3 is 6.18 Å². The van der Waals surface area contributed by atoms with Crippen LogP contribution < -0.4 is 5.32 Å². The van der Waals surface area contributed by atoms with Crippen molar-refractivity contribution < 1.29 is 17.6 Å². The fourth-order valence-electron chi connectivity index (χ4n) is 1.54. The van der Waals surface area contributed by atoms with E-state index in [9.17, 15) is 17.6 Å². The molecule has 0 aliphatic rings. The lowest BCUT2D eigenvalue weighted by molar-refractivity contribution is -0.137. The van der Waals surface area contributed by atoms with Gasteiger partial charge in [0.25, 0.3) is 0 Å². The van der Waals surface area contributed by atoms with E-state index in [0.717, 1.165) is 12.1 Å². The summed E-state index contributed by atoms with van der Waals surface area (Å²) in [6.45, 7) is 0.184. The van der Waals surface area contributed by atoms with Gasteiger partial charge in [-0.3, -0.25) is 0 Å². The number of alkyl halides is 3. The van der Waals surface area contributed by atoms with Gasteiger partial charge in [0.2, 0.25) is 0 Å². The minimum absolute atomic E-state index is 0.0492. The Morgan fingerprint density at radius 3 is 2.35 bits per heavy atom. The molecule has 1 aromatic heterocycles. The third-order valence-electron chi connectivity index (χ3n) is 2.55. The van der Waals surface area contributed by atoms with Gasteiger partial charge in [0.15, 0.2) is 11.6 Å². The molecule has 2 rings (SSSR count). The first-order valence-electron chi connectivity index (χ1n) is 5.57. The average Bonchev–Trinajstić information content (AvgIpc) is 2.37. The fraction of sp³-hybridized carbons (Fsp3) is 0.154. The number of halogens is 5. The van der Waals surface area contributed by atoms with Gasteiger partial charge < -0.3 is 5.32 Å². The van der Waals surface area contributed by atoms with E-state index in [1.165, 1.54) is 24.4 Å². The van der Waals surface area contributed by atoms with E-state index in [0.29, 0.717) is 10.0 Å². The number of nitrogens with one attached hydrogen (secondary N) is 1. The van der Waals surface area contributed by atoms with Crippen LogP contribution in [-0.2, 0) is 12.7 Å². The van der Waals surface area contributed by atoms with Gasteiger partial charge in [-0.05, 0) is 39.7 Å². The van der Waals surface area contributed by atoms with Crippen LogP contribution in [0, 0.1) is 5.82 Å². The molecule has 0 aliphatic carbocycles. The highest BCUT2D eigenvalue weighted by molar-refractivity contribution is 9.10. The van der Waals surface area contributed by atoms with Crippen LogP contribution in [-0.4, -0.2) is 4.98 Å². The van der Waals surface area contributed by atoms with E-state index in [1.807, 2.05) is 0 Å². The predicted molar refractivity (Wildman–Crippen MR) is 70.7 cm³/mol. The molecular formula is C13H9BrF4N2. The van der Waals surface area contributed by atoms with Crippen molar-refractivity contribution in [2.24, 2.45) is 0 Å². The lowest BCUT2D eigenvalue weighted by atomic mass is 10.1. The van der Waals surface area contributed by atoms with Crippen LogP contribution in [0.5, 0.6) is 0 Å². The molecular weight excluding hydrogens is 340 g/mol. The summed E-state index contributed by atoms with van der Waals surface area (Å²) in [4.78, 5) is 3.84. The number of hydrogen-bond donors (Lipinski definition) is 1. The van der Waals surface area contributed by atoms with Gasteiger partial charge in [0.1, 0.15) is 0 Å². The summed E-state index contributed by atoms with van der Waals surface area (Å²) in [5.74, 6) is -0.487. The highest BCUT2D eigenvalue weighted by Crippen LogP contribution is 2.29. The van der Waals surface area contributed by atoms with Crippen molar-refractivity contribution in [3.8, 4) is 0 Å². The SMILES string of the molecule is Fc1cc(Br)cnc1NCc1ccc(C(F)(F)F)cc1. The van der Waals surface area contributed by atoms with Gasteiger partial charge in [0.05, 0.1) is 5.56 Å². The van der Waals surface area contributed by atoms with Crippen LogP contribution in [0.1, 0.15) is 11.1 Å². The third kappa shape index (κ3) is 3.69. The molecule has 7 heteroatoms. The number of aromatic nitrogens is 1. The second kappa shape index (κ2) is 5.78. The van der Waals surface area contributed by atoms with E-state index in [1.54, 1.807) is 0 Å². The van der Waals surface area contributed by atoms with E-state index in [4.69, 9.17) is 0 Å². The Labute approximate surface area is 121 Å². The van der Waals surface area contributed by atoms with Gasteiger partial charge in [0, 0.05) is 17.2 Å². The van der Waals surface area contributed by atoms with Crippen molar-refractivity contribution in [2.45, 2.75) is 12.7 Å². The molecule has 2 nitrogen and oxygen atoms in total. The zero-order valence-corrected chi connectivity index (χ0v) is 11.6. The molecule has 0 saturated heterocycles. The minimum atomic E-state index is -4.36. The predicted octanol–water partition coefficient (Wildman–Crippen LogP) is 4.61. The normalized spacial score (nSPS) is 11.4. The van der Waals surface area contributed by atoms with Crippen LogP contribution in [0.25, 0.3) is 0 Å². The van der Waals surface area contributed by atoms with Gasteiger partial charge in [-0.1, -0.05) is 12.1 Å². The van der Waals surface area contributed by atoms with Gasteiger partial charge in [-0.25, -0.2) is 9.37 Å². The molecule has 0 unspecified atom stereocenters. The molecule has 1 heterocycles. The van der Waals surface area contributed by atoms with E-state index < -0.39 is 17.6 Å². The number of hydrogen-bond acceptors (Lipinski definition) is 2. The molecule has 0 atom stereocenters. The second-order valence-corrected chi connectivity index (χ2v) is 4.95. The number of benzene rings is 1. The summed E-state index contributed by atoms with van der Waals surface area (Å²) in [5.41, 5.74) is -0.115. The van der Waals surface area contributed by atoms with E-state index >= 15 is 0 Å². The molecule has 106 valence electrons. The Hall–Kier alpha value is -1.63. The topological polar surface area (TPSA) is 24.9 Å². The Morgan fingerprint density at radius 1 is 1.15 bits per heavy atom. The maximum absolute atomic E-state index is 13.5. The van der Waals surface area contributed by atoms with Crippen molar-refractivity contribution in [2.75, 3.05) is 5.32 Å². The van der Waals surface area contributed by atoms with Crippen LogP contribution in [0.2, 0.25) is 0 Å². The molecule has 0 bridgehead atoms. The van der Waals surface area contributed by atoms with E-state index in [2.05, 4.69) is 26.2 Å². The quantitative estimate of drug-likeness (QED) is 0.819. The molecule has 0 saturated carbocycles. The highest BCUT2D eigenvalue weighted by atomic mass is 79.9. The monoisotopic (exact) mass is 348 g/mol. The van der Waals surface area contributed by atoms with Gasteiger partial charge in [-0.2, -0.15) is 13.2 Å². The molecule has 20 heavy (non-hydrogen) atoms. The first-order chi connectivity index (χ1) is 9.36. The maximum atomic E-state index is 13.5. The van der Waals surface area contributed by atoms with Crippen molar-refractivity contribution >= 4 is 21.7 Å². The molecule has 2 aromatic rings.